The summed E-state index contributed by atoms with van der Waals surface area (Å²) < 4.78 is 5.21. The second kappa shape index (κ2) is 5.90. The molecular weight excluding hydrogens is 264 g/mol. The number of methoxy groups -OCH3 is 1. The number of carbonyl (C=O) groups excluding carboxylic acids is 1. The van der Waals surface area contributed by atoms with Gasteiger partial charge in [0.1, 0.15) is 5.75 Å². The molecule has 2 saturated heterocycles. The molecule has 2 aliphatic rings. The van der Waals surface area contributed by atoms with Gasteiger partial charge in [-0.1, -0.05) is 12.1 Å². The van der Waals surface area contributed by atoms with Gasteiger partial charge in [-0.2, -0.15) is 0 Å². The topological polar surface area (TPSA) is 32.8 Å². The highest BCUT2D eigenvalue weighted by atomic mass is 16.5. The molecule has 1 aromatic rings. The second-order valence-electron chi connectivity index (χ2n) is 5.73. The predicted molar refractivity (Wildman–Crippen MR) is 82.6 cm³/mol. The highest BCUT2D eigenvalue weighted by molar-refractivity contribution is 5.95. The average molecular weight is 286 g/mol. The number of amides is 1. The molecule has 0 N–H and O–H groups in total. The van der Waals surface area contributed by atoms with Crippen molar-refractivity contribution in [3.8, 4) is 5.75 Å². The van der Waals surface area contributed by atoms with Crippen molar-refractivity contribution in [1.82, 2.24) is 9.80 Å². The molecule has 1 aromatic carbocycles. The van der Waals surface area contributed by atoms with Crippen LogP contribution < -0.4 is 4.74 Å². The zero-order chi connectivity index (χ0) is 14.8. The lowest BCUT2D eigenvalue weighted by molar-refractivity contribution is 0.0732. The maximum atomic E-state index is 12.8. The van der Waals surface area contributed by atoms with E-state index in [1.807, 2.05) is 35.2 Å². The van der Waals surface area contributed by atoms with Gasteiger partial charge in [0.25, 0.3) is 5.91 Å². The number of fused-ring (bicyclic) bond motifs is 1. The fraction of sp³-hybridized carbons (Fsp3) is 0.471. The van der Waals surface area contributed by atoms with Gasteiger partial charge in [-0.05, 0) is 31.0 Å². The molecule has 0 aliphatic carbocycles. The molecule has 2 heterocycles. The van der Waals surface area contributed by atoms with E-state index in [1.165, 1.54) is 0 Å². The molecule has 0 radical (unpaired) electrons. The van der Waals surface area contributed by atoms with Gasteiger partial charge in [-0.15, -0.1) is 6.58 Å². The standard InChI is InChI=1S/C17H22N2O2/c1-3-9-18-10-7-16-15(18)8-11-19(16)17(20)13-5-4-6-14(12-13)21-2/h3-6,12,15-16H,1,7-11H2,2H3/t15-,16+/m1/s1. The van der Waals surface area contributed by atoms with Gasteiger partial charge in [0, 0.05) is 37.3 Å². The fourth-order valence-electron chi connectivity index (χ4n) is 3.64. The van der Waals surface area contributed by atoms with E-state index in [2.05, 4.69) is 11.5 Å². The lowest BCUT2D eigenvalue weighted by Gasteiger charge is -2.25. The summed E-state index contributed by atoms with van der Waals surface area (Å²) in [5.41, 5.74) is 0.720. The Balaban J connectivity index is 1.75. The van der Waals surface area contributed by atoms with Crippen LogP contribution in [0, 0.1) is 0 Å². The first kappa shape index (κ1) is 14.1. The molecule has 2 atom stereocenters. The first-order chi connectivity index (χ1) is 10.2. The van der Waals surface area contributed by atoms with Crippen LogP contribution in [0.5, 0.6) is 5.75 Å². The van der Waals surface area contributed by atoms with Gasteiger partial charge in [-0.3, -0.25) is 9.69 Å². The van der Waals surface area contributed by atoms with E-state index in [4.69, 9.17) is 4.74 Å². The number of ether oxygens (including phenoxy) is 1. The van der Waals surface area contributed by atoms with Crippen LogP contribution in [0.15, 0.2) is 36.9 Å². The van der Waals surface area contributed by atoms with E-state index in [-0.39, 0.29) is 5.91 Å². The number of likely N-dealkylation sites (tertiary alicyclic amines) is 2. The second-order valence-corrected chi connectivity index (χ2v) is 5.73. The largest absolute Gasteiger partial charge is 0.497 e. The number of nitrogens with zero attached hydrogens (tertiary/aromatic N) is 2. The van der Waals surface area contributed by atoms with Crippen LogP contribution in [0.4, 0.5) is 0 Å². The average Bonchev–Trinajstić information content (AvgIpc) is 3.10. The van der Waals surface area contributed by atoms with Crippen LogP contribution in [-0.4, -0.2) is 54.5 Å². The van der Waals surface area contributed by atoms with Gasteiger partial charge >= 0.3 is 0 Å². The monoisotopic (exact) mass is 286 g/mol. The Hall–Kier alpha value is -1.81. The number of benzene rings is 1. The SMILES string of the molecule is C=CCN1CC[C@H]2[C@H]1CCN2C(=O)c1cccc(OC)c1. The highest BCUT2D eigenvalue weighted by Crippen LogP contribution is 2.32. The molecule has 4 nitrogen and oxygen atoms in total. The zero-order valence-corrected chi connectivity index (χ0v) is 12.5. The van der Waals surface area contributed by atoms with Crippen molar-refractivity contribution in [2.45, 2.75) is 24.9 Å². The van der Waals surface area contributed by atoms with Gasteiger partial charge in [0.15, 0.2) is 0 Å². The summed E-state index contributed by atoms with van der Waals surface area (Å²) in [6.45, 7) is 6.65. The summed E-state index contributed by atoms with van der Waals surface area (Å²) in [7, 11) is 1.62. The van der Waals surface area contributed by atoms with Crippen LogP contribution >= 0.6 is 0 Å². The Morgan fingerprint density at radius 1 is 1.38 bits per heavy atom. The molecule has 0 saturated carbocycles. The molecule has 0 bridgehead atoms. The molecular formula is C17H22N2O2. The molecule has 0 unspecified atom stereocenters. The van der Waals surface area contributed by atoms with Crippen LogP contribution in [-0.2, 0) is 0 Å². The Bertz CT molecular complexity index is 543. The number of hydrogen-bond donors (Lipinski definition) is 0. The van der Waals surface area contributed by atoms with E-state index in [9.17, 15) is 4.79 Å². The minimum Gasteiger partial charge on any atom is -0.497 e. The minimum atomic E-state index is 0.127. The lowest BCUT2D eigenvalue weighted by atomic mass is 10.1. The quantitative estimate of drug-likeness (QED) is 0.795. The summed E-state index contributed by atoms with van der Waals surface area (Å²) in [5.74, 6) is 0.859. The molecule has 21 heavy (non-hydrogen) atoms. The highest BCUT2D eigenvalue weighted by Gasteiger charge is 2.43. The molecule has 0 aromatic heterocycles. The van der Waals surface area contributed by atoms with Crippen molar-refractivity contribution < 1.29 is 9.53 Å². The van der Waals surface area contributed by atoms with Gasteiger partial charge in [0.05, 0.1) is 7.11 Å². The van der Waals surface area contributed by atoms with Crippen molar-refractivity contribution in [2.75, 3.05) is 26.7 Å². The van der Waals surface area contributed by atoms with E-state index in [0.717, 1.165) is 43.8 Å². The van der Waals surface area contributed by atoms with Gasteiger partial charge in [-0.25, -0.2) is 0 Å². The molecule has 3 rings (SSSR count). The normalized spacial score (nSPS) is 24.9. The maximum absolute atomic E-state index is 12.8. The van der Waals surface area contributed by atoms with Crippen LogP contribution in [0.1, 0.15) is 23.2 Å². The minimum absolute atomic E-state index is 0.127. The predicted octanol–water partition coefficient (Wildman–Crippen LogP) is 2.17. The first-order valence-electron chi connectivity index (χ1n) is 7.54. The van der Waals surface area contributed by atoms with Crippen molar-refractivity contribution in [1.29, 1.82) is 0 Å². The molecule has 112 valence electrons. The number of hydrogen-bond acceptors (Lipinski definition) is 3. The Kier molecular flexibility index (Phi) is 3.97. The molecule has 4 heteroatoms. The Morgan fingerprint density at radius 2 is 2.19 bits per heavy atom. The van der Waals surface area contributed by atoms with E-state index < -0.39 is 0 Å². The van der Waals surface area contributed by atoms with Crippen LogP contribution in [0.2, 0.25) is 0 Å². The summed E-state index contributed by atoms with van der Waals surface area (Å²) in [4.78, 5) is 17.2. The van der Waals surface area contributed by atoms with Crippen LogP contribution in [0.3, 0.4) is 0 Å². The smallest absolute Gasteiger partial charge is 0.254 e. The summed E-state index contributed by atoms with van der Waals surface area (Å²) >= 11 is 0. The third kappa shape index (κ3) is 2.56. The van der Waals surface area contributed by atoms with Gasteiger partial charge < -0.3 is 9.64 Å². The van der Waals surface area contributed by atoms with Crippen molar-refractivity contribution in [2.24, 2.45) is 0 Å². The van der Waals surface area contributed by atoms with Crippen molar-refractivity contribution in [3.63, 3.8) is 0 Å². The summed E-state index contributed by atoms with van der Waals surface area (Å²) in [6, 6.07) is 8.28. The molecule has 1 amide bonds. The summed E-state index contributed by atoms with van der Waals surface area (Å²) in [6.07, 6.45) is 4.08. The van der Waals surface area contributed by atoms with Crippen molar-refractivity contribution in [3.05, 3.63) is 42.5 Å². The number of carbonyl (C=O) groups is 1. The van der Waals surface area contributed by atoms with Gasteiger partial charge in [0.2, 0.25) is 0 Å². The molecule has 0 spiro atoms. The lowest BCUT2D eigenvalue weighted by Crippen LogP contribution is -2.39. The molecule has 2 aliphatic heterocycles. The summed E-state index contributed by atoms with van der Waals surface area (Å²) in [5, 5.41) is 0. The Labute approximate surface area is 126 Å². The first-order valence-corrected chi connectivity index (χ1v) is 7.54. The third-order valence-corrected chi connectivity index (χ3v) is 4.63. The maximum Gasteiger partial charge on any atom is 0.254 e. The van der Waals surface area contributed by atoms with E-state index in [0.29, 0.717) is 12.1 Å². The van der Waals surface area contributed by atoms with Crippen LogP contribution in [0.25, 0.3) is 0 Å². The Morgan fingerprint density at radius 3 is 2.95 bits per heavy atom. The zero-order valence-electron chi connectivity index (χ0n) is 12.5. The van der Waals surface area contributed by atoms with E-state index >= 15 is 0 Å². The third-order valence-electron chi connectivity index (χ3n) is 4.63. The van der Waals surface area contributed by atoms with E-state index in [1.54, 1.807) is 7.11 Å². The fourth-order valence-corrected chi connectivity index (χ4v) is 3.64. The number of rotatable bonds is 4. The van der Waals surface area contributed by atoms with Crippen molar-refractivity contribution >= 4 is 5.91 Å². The molecule has 2 fully saturated rings.